The van der Waals surface area contributed by atoms with E-state index in [0.717, 1.165) is 42.7 Å². The topological polar surface area (TPSA) is 44.8 Å². The molecule has 2 rings (SSSR count). The first-order valence-electron chi connectivity index (χ1n) is 7.17. The number of hydrogen-bond acceptors (Lipinski definition) is 5. The van der Waals surface area contributed by atoms with Crippen LogP contribution in [0.4, 0.5) is 0 Å². The van der Waals surface area contributed by atoms with E-state index >= 15 is 0 Å². The molecule has 112 valence electrons. The van der Waals surface area contributed by atoms with Crippen LogP contribution in [0.2, 0.25) is 0 Å². The van der Waals surface area contributed by atoms with Crippen LogP contribution in [0.1, 0.15) is 56.1 Å². The highest BCUT2D eigenvalue weighted by Crippen LogP contribution is 2.31. The summed E-state index contributed by atoms with van der Waals surface area (Å²) in [6, 6.07) is 2.06. The van der Waals surface area contributed by atoms with E-state index in [9.17, 15) is 4.79 Å². The molecule has 20 heavy (non-hydrogen) atoms. The molecule has 0 amide bonds. The van der Waals surface area contributed by atoms with Gasteiger partial charge in [0.2, 0.25) is 0 Å². The summed E-state index contributed by atoms with van der Waals surface area (Å²) in [5.41, 5.74) is 1.12. The highest BCUT2D eigenvalue weighted by Gasteiger charge is 2.22. The highest BCUT2D eigenvalue weighted by molar-refractivity contribution is 7.10. The van der Waals surface area contributed by atoms with Crippen molar-refractivity contribution in [3.05, 3.63) is 21.9 Å². The third kappa shape index (κ3) is 4.30. The first-order chi connectivity index (χ1) is 9.70. The van der Waals surface area contributed by atoms with Crippen molar-refractivity contribution in [1.82, 2.24) is 0 Å². The Morgan fingerprint density at radius 2 is 2.40 bits per heavy atom. The van der Waals surface area contributed by atoms with Crippen molar-refractivity contribution in [3.63, 3.8) is 0 Å². The summed E-state index contributed by atoms with van der Waals surface area (Å²) in [5, 5.41) is 2.02. The van der Waals surface area contributed by atoms with Crippen LogP contribution in [0.15, 0.2) is 11.4 Å². The fourth-order valence-corrected chi connectivity index (χ4v) is 3.15. The van der Waals surface area contributed by atoms with Gasteiger partial charge in [-0.15, -0.1) is 11.3 Å². The molecule has 2 heterocycles. The van der Waals surface area contributed by atoms with Crippen LogP contribution in [0.3, 0.4) is 0 Å². The standard InChI is InChI=1S/C15H22O4S/c1-3-13(19-15-6-4-5-8-17-15)12-7-9-20-14(12)10-18-11(2)16/h7,9,13,15H,3-6,8,10H2,1-2H3. The predicted octanol–water partition coefficient (Wildman–Crippen LogP) is 3.81. The third-order valence-corrected chi connectivity index (χ3v) is 4.27. The van der Waals surface area contributed by atoms with Crippen LogP contribution < -0.4 is 0 Å². The zero-order valence-electron chi connectivity index (χ0n) is 12.1. The Kier molecular flexibility index (Phi) is 6.01. The molecule has 0 bridgehead atoms. The maximum Gasteiger partial charge on any atom is 0.302 e. The van der Waals surface area contributed by atoms with Gasteiger partial charge < -0.3 is 14.2 Å². The molecule has 0 N–H and O–H groups in total. The largest absolute Gasteiger partial charge is 0.460 e. The fraction of sp³-hybridized carbons (Fsp3) is 0.667. The summed E-state index contributed by atoms with van der Waals surface area (Å²) in [6.07, 6.45) is 4.02. The first kappa shape index (κ1) is 15.5. The van der Waals surface area contributed by atoms with Crippen molar-refractivity contribution < 1.29 is 19.0 Å². The fourth-order valence-electron chi connectivity index (χ4n) is 2.31. The van der Waals surface area contributed by atoms with Crippen molar-refractivity contribution in [2.75, 3.05) is 6.61 Å². The Balaban J connectivity index is 1.99. The zero-order valence-corrected chi connectivity index (χ0v) is 12.9. The van der Waals surface area contributed by atoms with Crippen LogP contribution in [0.5, 0.6) is 0 Å². The second-order valence-electron chi connectivity index (χ2n) is 4.91. The number of ether oxygens (including phenoxy) is 3. The van der Waals surface area contributed by atoms with Crippen molar-refractivity contribution in [2.45, 2.75) is 58.5 Å². The van der Waals surface area contributed by atoms with E-state index in [0.29, 0.717) is 6.61 Å². The van der Waals surface area contributed by atoms with Crippen LogP contribution in [-0.2, 0) is 25.6 Å². The molecule has 5 heteroatoms. The Morgan fingerprint density at radius 1 is 1.55 bits per heavy atom. The van der Waals surface area contributed by atoms with Crippen LogP contribution in [0, 0.1) is 0 Å². The monoisotopic (exact) mass is 298 g/mol. The minimum atomic E-state index is -0.256. The lowest BCUT2D eigenvalue weighted by Crippen LogP contribution is -2.24. The Labute approximate surface area is 124 Å². The Hall–Kier alpha value is -0.910. The molecule has 2 unspecified atom stereocenters. The van der Waals surface area contributed by atoms with Gasteiger partial charge in [0.15, 0.2) is 6.29 Å². The minimum absolute atomic E-state index is 0.00917. The Bertz CT molecular complexity index is 423. The lowest BCUT2D eigenvalue weighted by molar-refractivity contribution is -0.190. The second kappa shape index (κ2) is 7.76. The molecule has 0 spiro atoms. The van der Waals surface area contributed by atoms with Crippen molar-refractivity contribution in [3.8, 4) is 0 Å². The van der Waals surface area contributed by atoms with Gasteiger partial charge >= 0.3 is 5.97 Å². The maximum absolute atomic E-state index is 10.9. The van der Waals surface area contributed by atoms with Crippen molar-refractivity contribution in [2.24, 2.45) is 0 Å². The van der Waals surface area contributed by atoms with Gasteiger partial charge in [0.1, 0.15) is 6.61 Å². The molecular formula is C15H22O4S. The molecule has 1 aliphatic heterocycles. The van der Waals surface area contributed by atoms with E-state index in [1.807, 2.05) is 5.38 Å². The average Bonchev–Trinajstić information content (AvgIpc) is 2.92. The molecule has 1 aromatic heterocycles. The van der Waals surface area contributed by atoms with Crippen molar-refractivity contribution >= 4 is 17.3 Å². The predicted molar refractivity (Wildman–Crippen MR) is 77.5 cm³/mol. The molecule has 1 aliphatic rings. The zero-order chi connectivity index (χ0) is 14.4. The summed E-state index contributed by atoms with van der Waals surface area (Å²) < 4.78 is 16.8. The summed E-state index contributed by atoms with van der Waals surface area (Å²) in [5.74, 6) is -0.256. The summed E-state index contributed by atoms with van der Waals surface area (Å²) in [6.45, 7) is 4.64. The molecule has 2 atom stereocenters. The van der Waals surface area contributed by atoms with E-state index in [1.165, 1.54) is 6.92 Å². The van der Waals surface area contributed by atoms with E-state index in [1.54, 1.807) is 11.3 Å². The lowest BCUT2D eigenvalue weighted by Gasteiger charge is -2.27. The molecule has 1 fully saturated rings. The van der Waals surface area contributed by atoms with Crippen molar-refractivity contribution in [1.29, 1.82) is 0 Å². The molecule has 0 aliphatic carbocycles. The molecule has 0 radical (unpaired) electrons. The quantitative estimate of drug-likeness (QED) is 0.749. The van der Waals surface area contributed by atoms with Gasteiger partial charge in [-0.3, -0.25) is 4.79 Å². The number of carbonyl (C=O) groups is 1. The van der Waals surface area contributed by atoms with Crippen LogP contribution in [0.25, 0.3) is 0 Å². The number of carbonyl (C=O) groups excluding carboxylic acids is 1. The van der Waals surface area contributed by atoms with E-state index in [4.69, 9.17) is 14.2 Å². The lowest BCUT2D eigenvalue weighted by atomic mass is 10.1. The number of hydrogen-bond donors (Lipinski definition) is 0. The number of rotatable bonds is 6. The second-order valence-corrected chi connectivity index (χ2v) is 5.91. The molecule has 1 saturated heterocycles. The highest BCUT2D eigenvalue weighted by atomic mass is 32.1. The summed E-state index contributed by atoms with van der Waals surface area (Å²) in [4.78, 5) is 12.0. The Morgan fingerprint density at radius 3 is 3.05 bits per heavy atom. The number of esters is 1. The molecule has 0 saturated carbocycles. The van der Waals surface area contributed by atoms with Gasteiger partial charge in [-0.05, 0) is 42.7 Å². The molecule has 4 nitrogen and oxygen atoms in total. The smallest absolute Gasteiger partial charge is 0.302 e. The van der Waals surface area contributed by atoms with Gasteiger partial charge in [-0.25, -0.2) is 0 Å². The van der Waals surface area contributed by atoms with Crippen LogP contribution in [-0.4, -0.2) is 18.9 Å². The van der Waals surface area contributed by atoms with Gasteiger partial charge in [-0.1, -0.05) is 6.92 Å². The third-order valence-electron chi connectivity index (χ3n) is 3.36. The molecule has 1 aromatic rings. The van der Waals surface area contributed by atoms with E-state index in [-0.39, 0.29) is 18.4 Å². The first-order valence-corrected chi connectivity index (χ1v) is 8.05. The average molecular weight is 298 g/mol. The van der Waals surface area contributed by atoms with Gasteiger partial charge in [0, 0.05) is 18.4 Å². The maximum atomic E-state index is 10.9. The summed E-state index contributed by atoms with van der Waals surface area (Å²) >= 11 is 1.60. The minimum Gasteiger partial charge on any atom is -0.460 e. The number of thiophene rings is 1. The van der Waals surface area contributed by atoms with E-state index < -0.39 is 0 Å². The molecular weight excluding hydrogens is 276 g/mol. The van der Waals surface area contributed by atoms with Gasteiger partial charge in [-0.2, -0.15) is 0 Å². The molecule has 0 aromatic carbocycles. The SMILES string of the molecule is CCC(OC1CCCCO1)c1ccsc1COC(C)=O. The van der Waals surface area contributed by atoms with E-state index in [2.05, 4.69) is 13.0 Å². The van der Waals surface area contributed by atoms with Crippen LogP contribution >= 0.6 is 11.3 Å². The van der Waals surface area contributed by atoms with Gasteiger partial charge in [0.05, 0.1) is 6.10 Å². The van der Waals surface area contributed by atoms with Gasteiger partial charge in [0.25, 0.3) is 0 Å². The summed E-state index contributed by atoms with van der Waals surface area (Å²) in [7, 11) is 0. The normalized spacial score (nSPS) is 20.6.